The third-order valence-electron chi connectivity index (χ3n) is 7.27. The SMILES string of the molecule is CC1CCN(C(=O)[C@@H]2C[C@H](N3CCC(c4nc5cc(C(F)(F)F)ccc5o4)CC3)CN2)C1. The van der Waals surface area contributed by atoms with Gasteiger partial charge in [-0.15, -0.1) is 0 Å². The van der Waals surface area contributed by atoms with E-state index in [4.69, 9.17) is 4.42 Å². The van der Waals surface area contributed by atoms with Crippen molar-refractivity contribution in [3.05, 3.63) is 29.7 Å². The maximum Gasteiger partial charge on any atom is 0.416 e. The number of alkyl halides is 3. The van der Waals surface area contributed by atoms with Crippen molar-refractivity contribution >= 4 is 17.0 Å². The first-order chi connectivity index (χ1) is 15.3. The van der Waals surface area contributed by atoms with Gasteiger partial charge in [-0.3, -0.25) is 9.69 Å². The Morgan fingerprint density at radius 3 is 2.66 bits per heavy atom. The average molecular weight is 451 g/mol. The number of fused-ring (bicyclic) bond motifs is 1. The largest absolute Gasteiger partial charge is 0.440 e. The number of hydrogen-bond donors (Lipinski definition) is 1. The lowest BCUT2D eigenvalue weighted by molar-refractivity contribution is -0.137. The topological polar surface area (TPSA) is 61.6 Å². The summed E-state index contributed by atoms with van der Waals surface area (Å²) in [5.74, 6) is 1.45. The summed E-state index contributed by atoms with van der Waals surface area (Å²) in [7, 11) is 0. The number of hydrogen-bond acceptors (Lipinski definition) is 5. The van der Waals surface area contributed by atoms with Crippen LogP contribution in [0.1, 0.15) is 50.0 Å². The van der Waals surface area contributed by atoms with Crippen molar-refractivity contribution in [3.63, 3.8) is 0 Å². The van der Waals surface area contributed by atoms with Gasteiger partial charge in [0.15, 0.2) is 11.5 Å². The fourth-order valence-electron chi connectivity index (χ4n) is 5.35. The Kier molecular flexibility index (Phi) is 5.65. The van der Waals surface area contributed by atoms with Crippen LogP contribution >= 0.6 is 0 Å². The van der Waals surface area contributed by atoms with Crippen molar-refractivity contribution in [3.8, 4) is 0 Å². The Morgan fingerprint density at radius 1 is 1.19 bits per heavy atom. The van der Waals surface area contributed by atoms with E-state index in [1.54, 1.807) is 0 Å². The molecule has 1 amide bonds. The van der Waals surface area contributed by atoms with Crippen molar-refractivity contribution in [2.75, 3.05) is 32.7 Å². The second-order valence-electron chi connectivity index (χ2n) is 9.57. The average Bonchev–Trinajstić information content (AvgIpc) is 3.51. The molecule has 5 rings (SSSR count). The number of rotatable bonds is 3. The summed E-state index contributed by atoms with van der Waals surface area (Å²) < 4.78 is 44.7. The van der Waals surface area contributed by atoms with E-state index in [9.17, 15) is 18.0 Å². The maximum atomic E-state index is 13.0. The summed E-state index contributed by atoms with van der Waals surface area (Å²) in [5.41, 5.74) is -0.0521. The molecular formula is C23H29F3N4O2. The van der Waals surface area contributed by atoms with Crippen molar-refractivity contribution < 1.29 is 22.4 Å². The maximum absolute atomic E-state index is 13.0. The Morgan fingerprint density at radius 2 is 1.97 bits per heavy atom. The molecule has 4 heterocycles. The van der Waals surface area contributed by atoms with Crippen LogP contribution in [0.3, 0.4) is 0 Å². The Balaban J connectivity index is 1.17. The number of carbonyl (C=O) groups excluding carboxylic acids is 1. The molecule has 32 heavy (non-hydrogen) atoms. The molecule has 3 aliphatic heterocycles. The molecule has 3 fully saturated rings. The molecule has 0 radical (unpaired) electrons. The highest BCUT2D eigenvalue weighted by atomic mass is 19.4. The van der Waals surface area contributed by atoms with Gasteiger partial charge < -0.3 is 14.6 Å². The van der Waals surface area contributed by atoms with Crippen LogP contribution in [0.5, 0.6) is 0 Å². The zero-order chi connectivity index (χ0) is 22.5. The number of oxazole rings is 1. The number of nitrogens with one attached hydrogen (secondary N) is 1. The molecule has 0 spiro atoms. The van der Waals surface area contributed by atoms with Gasteiger partial charge in [-0.1, -0.05) is 6.92 Å². The van der Waals surface area contributed by atoms with Gasteiger partial charge in [-0.25, -0.2) is 4.98 Å². The van der Waals surface area contributed by atoms with E-state index in [2.05, 4.69) is 22.1 Å². The van der Waals surface area contributed by atoms with Crippen LogP contribution < -0.4 is 5.32 Å². The second kappa shape index (κ2) is 8.33. The van der Waals surface area contributed by atoms with Crippen molar-refractivity contribution in [2.45, 2.75) is 56.8 Å². The zero-order valence-corrected chi connectivity index (χ0v) is 18.2. The van der Waals surface area contributed by atoms with Gasteiger partial charge in [0.05, 0.1) is 11.6 Å². The number of piperidine rings is 1. The first-order valence-corrected chi connectivity index (χ1v) is 11.5. The third kappa shape index (κ3) is 4.24. The second-order valence-corrected chi connectivity index (χ2v) is 9.57. The van der Waals surface area contributed by atoms with Gasteiger partial charge in [0.1, 0.15) is 5.52 Å². The molecule has 9 heteroatoms. The van der Waals surface area contributed by atoms with E-state index < -0.39 is 11.7 Å². The third-order valence-corrected chi connectivity index (χ3v) is 7.27. The van der Waals surface area contributed by atoms with E-state index in [0.717, 1.165) is 70.5 Å². The summed E-state index contributed by atoms with van der Waals surface area (Å²) in [5, 5.41) is 3.42. The summed E-state index contributed by atoms with van der Waals surface area (Å²) in [6.45, 7) is 6.46. The monoisotopic (exact) mass is 450 g/mol. The molecule has 3 atom stereocenters. The molecule has 3 saturated heterocycles. The molecule has 0 aliphatic carbocycles. The highest BCUT2D eigenvalue weighted by Gasteiger charge is 2.38. The van der Waals surface area contributed by atoms with E-state index >= 15 is 0 Å². The number of nitrogens with zero attached hydrogens (tertiary/aromatic N) is 3. The highest BCUT2D eigenvalue weighted by molar-refractivity contribution is 5.82. The summed E-state index contributed by atoms with van der Waals surface area (Å²) in [4.78, 5) is 21.6. The molecule has 0 bridgehead atoms. The van der Waals surface area contributed by atoms with Gasteiger partial charge >= 0.3 is 6.18 Å². The number of benzene rings is 1. The predicted molar refractivity (Wildman–Crippen MR) is 113 cm³/mol. The van der Waals surface area contributed by atoms with Gasteiger partial charge in [0.2, 0.25) is 5.91 Å². The van der Waals surface area contributed by atoms with Gasteiger partial charge in [0.25, 0.3) is 0 Å². The lowest BCUT2D eigenvalue weighted by Crippen LogP contribution is -2.42. The lowest BCUT2D eigenvalue weighted by Gasteiger charge is -2.34. The molecule has 1 unspecified atom stereocenters. The first-order valence-electron chi connectivity index (χ1n) is 11.5. The molecular weight excluding hydrogens is 421 g/mol. The summed E-state index contributed by atoms with van der Waals surface area (Å²) >= 11 is 0. The van der Waals surface area contributed by atoms with Crippen LogP contribution in [-0.2, 0) is 11.0 Å². The Bertz CT molecular complexity index is 983. The van der Waals surface area contributed by atoms with Gasteiger partial charge in [-0.2, -0.15) is 13.2 Å². The first kappa shape index (κ1) is 21.7. The van der Waals surface area contributed by atoms with Gasteiger partial charge in [0, 0.05) is 31.6 Å². The van der Waals surface area contributed by atoms with Crippen LogP contribution in [0.4, 0.5) is 13.2 Å². The molecule has 0 saturated carbocycles. The normalized spacial score (nSPS) is 28.1. The minimum Gasteiger partial charge on any atom is -0.440 e. The number of carbonyl (C=O) groups is 1. The van der Waals surface area contributed by atoms with Crippen LogP contribution in [0, 0.1) is 5.92 Å². The van der Waals surface area contributed by atoms with Crippen molar-refractivity contribution in [2.24, 2.45) is 5.92 Å². The number of halogens is 3. The van der Waals surface area contributed by atoms with E-state index in [1.165, 1.54) is 6.07 Å². The molecule has 1 N–H and O–H groups in total. The predicted octanol–water partition coefficient (Wildman–Crippen LogP) is 3.62. The number of amides is 1. The van der Waals surface area contributed by atoms with Crippen LogP contribution in [0.2, 0.25) is 0 Å². The van der Waals surface area contributed by atoms with Crippen LogP contribution in [-0.4, -0.2) is 65.5 Å². The fraction of sp³-hybridized carbons (Fsp3) is 0.652. The number of likely N-dealkylation sites (tertiary alicyclic amines) is 2. The molecule has 174 valence electrons. The van der Waals surface area contributed by atoms with Crippen molar-refractivity contribution in [1.29, 1.82) is 0 Å². The van der Waals surface area contributed by atoms with Crippen LogP contribution in [0.25, 0.3) is 11.1 Å². The van der Waals surface area contributed by atoms with E-state index in [-0.39, 0.29) is 23.4 Å². The molecule has 2 aromatic rings. The molecule has 1 aromatic heterocycles. The summed E-state index contributed by atoms with van der Waals surface area (Å²) in [6, 6.07) is 3.69. The number of aromatic nitrogens is 1. The van der Waals surface area contributed by atoms with Gasteiger partial charge in [-0.05, 0) is 62.9 Å². The fourth-order valence-corrected chi connectivity index (χ4v) is 5.35. The zero-order valence-electron chi connectivity index (χ0n) is 18.2. The quantitative estimate of drug-likeness (QED) is 0.774. The lowest BCUT2D eigenvalue weighted by atomic mass is 9.95. The molecule has 1 aromatic carbocycles. The van der Waals surface area contributed by atoms with Crippen LogP contribution in [0.15, 0.2) is 22.6 Å². The van der Waals surface area contributed by atoms with Crippen molar-refractivity contribution in [1.82, 2.24) is 20.1 Å². The molecule has 6 nitrogen and oxygen atoms in total. The molecule has 3 aliphatic rings. The van der Waals surface area contributed by atoms with E-state index in [0.29, 0.717) is 23.4 Å². The Hall–Kier alpha value is -2.13. The smallest absolute Gasteiger partial charge is 0.416 e. The minimum absolute atomic E-state index is 0.0945. The standard InChI is InChI=1S/C23H29F3N4O2/c1-14-4-7-30(13-14)22(31)19-11-17(12-27-19)29-8-5-15(6-9-29)21-28-18-10-16(23(24,25)26)2-3-20(18)32-21/h2-3,10,14-15,17,19,27H,4-9,11-13H2,1H3/t14?,17-,19-/m0/s1. The Labute approximate surface area is 185 Å². The summed E-state index contributed by atoms with van der Waals surface area (Å²) in [6.07, 6.45) is -0.782. The minimum atomic E-state index is -4.39. The van der Waals surface area contributed by atoms with E-state index in [1.807, 2.05) is 4.90 Å². The highest BCUT2D eigenvalue weighted by Crippen LogP contribution is 2.35.